The highest BCUT2D eigenvalue weighted by Crippen LogP contribution is 2.42. The number of nitrogens with one attached hydrogen (secondary N) is 1. The van der Waals surface area contributed by atoms with Crippen LogP contribution in [0.1, 0.15) is 50.0 Å². The molecule has 1 saturated carbocycles. The first kappa shape index (κ1) is 16.4. The highest BCUT2D eigenvalue weighted by molar-refractivity contribution is 5.86. The molecule has 1 aromatic rings. The zero-order valence-electron chi connectivity index (χ0n) is 14.7. The summed E-state index contributed by atoms with van der Waals surface area (Å²) in [5.74, 6) is 0.678. The lowest BCUT2D eigenvalue weighted by Gasteiger charge is -2.42. The summed E-state index contributed by atoms with van der Waals surface area (Å²) < 4.78 is 0. The smallest absolute Gasteiger partial charge is 0.318 e. The molecule has 3 amide bonds. The van der Waals surface area contributed by atoms with E-state index in [0.717, 1.165) is 51.6 Å². The number of benzene rings is 1. The van der Waals surface area contributed by atoms with Crippen LogP contribution in [0.4, 0.5) is 4.79 Å². The van der Waals surface area contributed by atoms with E-state index in [9.17, 15) is 9.59 Å². The molecule has 3 fully saturated rings. The van der Waals surface area contributed by atoms with Crippen LogP contribution in [0.5, 0.6) is 0 Å². The van der Waals surface area contributed by atoms with Gasteiger partial charge in [0.1, 0.15) is 6.54 Å². The lowest BCUT2D eigenvalue weighted by atomic mass is 9.74. The number of likely N-dealkylation sites (tertiary alicyclic amines) is 1. The van der Waals surface area contributed by atoms with Crippen molar-refractivity contribution in [3.8, 4) is 0 Å². The molecule has 5 nitrogen and oxygen atoms in total. The number of hydrogen-bond donors (Lipinski definition) is 1. The summed E-state index contributed by atoms with van der Waals surface area (Å²) in [6.45, 7) is 2.61. The van der Waals surface area contributed by atoms with Crippen molar-refractivity contribution >= 4 is 11.9 Å². The van der Waals surface area contributed by atoms with E-state index in [-0.39, 0.29) is 24.0 Å². The largest absolute Gasteiger partial charge is 0.341 e. The molecule has 5 heteroatoms. The Bertz CT molecular complexity index is 632. The average Bonchev–Trinajstić information content (AvgIpc) is 3.28. The lowest BCUT2D eigenvalue weighted by molar-refractivity contribution is -0.131. The Morgan fingerprint density at radius 3 is 2.48 bits per heavy atom. The second kappa shape index (κ2) is 6.70. The van der Waals surface area contributed by atoms with Gasteiger partial charge in [-0.1, -0.05) is 30.3 Å². The third-order valence-electron chi connectivity index (χ3n) is 6.33. The first-order chi connectivity index (χ1) is 12.2. The minimum atomic E-state index is -0.169. The van der Waals surface area contributed by atoms with Crippen molar-refractivity contribution in [3.63, 3.8) is 0 Å². The van der Waals surface area contributed by atoms with E-state index in [2.05, 4.69) is 35.6 Å². The van der Waals surface area contributed by atoms with Gasteiger partial charge in [0.05, 0.1) is 5.54 Å². The van der Waals surface area contributed by atoms with Gasteiger partial charge in [-0.3, -0.25) is 4.79 Å². The number of carbonyl (C=O) groups is 2. The molecular formula is C20H27N3O2. The van der Waals surface area contributed by atoms with Crippen LogP contribution in [0.15, 0.2) is 30.3 Å². The average molecular weight is 341 g/mol. The maximum atomic E-state index is 12.6. The zero-order chi connectivity index (χ0) is 17.3. The number of carbonyl (C=O) groups excluding carboxylic acids is 2. The van der Waals surface area contributed by atoms with Crippen molar-refractivity contribution in [2.45, 2.75) is 50.0 Å². The molecule has 2 saturated heterocycles. The first-order valence-electron chi connectivity index (χ1n) is 9.56. The molecule has 1 aromatic carbocycles. The van der Waals surface area contributed by atoms with Crippen LogP contribution < -0.4 is 5.32 Å². The van der Waals surface area contributed by atoms with Gasteiger partial charge in [-0.2, -0.15) is 0 Å². The molecule has 25 heavy (non-hydrogen) atoms. The monoisotopic (exact) mass is 341 g/mol. The van der Waals surface area contributed by atoms with Crippen LogP contribution in [0.3, 0.4) is 0 Å². The van der Waals surface area contributed by atoms with E-state index < -0.39 is 0 Å². The Labute approximate surface area is 149 Å². The van der Waals surface area contributed by atoms with Gasteiger partial charge in [0.15, 0.2) is 0 Å². The van der Waals surface area contributed by atoms with Crippen LogP contribution in [-0.2, 0) is 4.79 Å². The lowest BCUT2D eigenvalue weighted by Crippen LogP contribution is -2.53. The van der Waals surface area contributed by atoms with E-state index in [1.165, 1.54) is 5.56 Å². The van der Waals surface area contributed by atoms with Crippen molar-refractivity contribution in [1.82, 2.24) is 15.1 Å². The molecule has 1 aliphatic carbocycles. The van der Waals surface area contributed by atoms with Gasteiger partial charge < -0.3 is 15.1 Å². The fraction of sp³-hybridized carbons (Fsp3) is 0.600. The quantitative estimate of drug-likeness (QED) is 0.919. The molecule has 4 rings (SSSR count). The summed E-state index contributed by atoms with van der Waals surface area (Å²) in [5.41, 5.74) is 1.23. The Hall–Kier alpha value is -2.04. The first-order valence-corrected chi connectivity index (χ1v) is 9.56. The van der Waals surface area contributed by atoms with E-state index in [1.807, 2.05) is 9.80 Å². The van der Waals surface area contributed by atoms with Crippen LogP contribution >= 0.6 is 0 Å². The third kappa shape index (κ3) is 3.12. The van der Waals surface area contributed by atoms with Crippen LogP contribution in [0, 0.1) is 0 Å². The predicted molar refractivity (Wildman–Crippen MR) is 96.3 cm³/mol. The van der Waals surface area contributed by atoms with Gasteiger partial charge in [0.2, 0.25) is 5.91 Å². The fourth-order valence-electron chi connectivity index (χ4n) is 4.75. The zero-order valence-corrected chi connectivity index (χ0v) is 14.7. The minimum Gasteiger partial charge on any atom is -0.341 e. The molecule has 2 aliphatic heterocycles. The van der Waals surface area contributed by atoms with Gasteiger partial charge in [-0.25, -0.2) is 4.79 Å². The van der Waals surface area contributed by atoms with E-state index in [1.54, 1.807) is 0 Å². The molecule has 134 valence electrons. The highest BCUT2D eigenvalue weighted by atomic mass is 16.2. The topological polar surface area (TPSA) is 52.7 Å². The molecule has 0 bridgehead atoms. The predicted octanol–water partition coefficient (Wildman–Crippen LogP) is 2.73. The van der Waals surface area contributed by atoms with Crippen molar-refractivity contribution in [2.75, 3.05) is 26.2 Å². The van der Waals surface area contributed by atoms with E-state index in [0.29, 0.717) is 12.5 Å². The van der Waals surface area contributed by atoms with Crippen LogP contribution in [0.25, 0.3) is 0 Å². The van der Waals surface area contributed by atoms with Gasteiger partial charge in [-0.05, 0) is 50.0 Å². The van der Waals surface area contributed by atoms with E-state index >= 15 is 0 Å². The number of rotatable bonds is 3. The van der Waals surface area contributed by atoms with Gasteiger partial charge in [0.25, 0.3) is 0 Å². The number of nitrogens with zero attached hydrogens (tertiary/aromatic N) is 2. The van der Waals surface area contributed by atoms with Crippen molar-refractivity contribution in [3.05, 3.63) is 35.9 Å². The van der Waals surface area contributed by atoms with Crippen molar-refractivity contribution in [2.24, 2.45) is 0 Å². The standard InChI is InChI=1S/C20H27N3O2/c24-18(22-12-4-5-13-22)14-23-19(25)21-15-20(23)10-8-17(9-11-20)16-6-2-1-3-7-16/h1-3,6-7,17H,4-5,8-15H2,(H,21,25). The minimum absolute atomic E-state index is 0.0642. The maximum Gasteiger partial charge on any atom is 0.318 e. The maximum absolute atomic E-state index is 12.6. The summed E-state index contributed by atoms with van der Waals surface area (Å²) in [7, 11) is 0. The molecule has 2 heterocycles. The Balaban J connectivity index is 1.43. The molecule has 0 unspecified atom stereocenters. The second-order valence-electron chi connectivity index (χ2n) is 7.74. The molecular weight excluding hydrogens is 314 g/mol. The summed E-state index contributed by atoms with van der Waals surface area (Å²) in [4.78, 5) is 28.7. The SMILES string of the molecule is O=C(CN1C(=O)NCC12CCC(c1ccccc1)CC2)N1CCCC1. The molecule has 1 spiro atoms. The summed E-state index contributed by atoms with van der Waals surface area (Å²) >= 11 is 0. The highest BCUT2D eigenvalue weighted by Gasteiger charge is 2.48. The fourth-order valence-corrected chi connectivity index (χ4v) is 4.75. The van der Waals surface area contributed by atoms with Crippen molar-refractivity contribution < 1.29 is 9.59 Å². The molecule has 0 atom stereocenters. The molecule has 3 aliphatic rings. The van der Waals surface area contributed by atoms with Crippen LogP contribution in [0.2, 0.25) is 0 Å². The van der Waals surface area contributed by atoms with E-state index in [4.69, 9.17) is 0 Å². The van der Waals surface area contributed by atoms with Gasteiger partial charge >= 0.3 is 6.03 Å². The molecule has 1 N–H and O–H groups in total. The van der Waals surface area contributed by atoms with Crippen molar-refractivity contribution in [1.29, 1.82) is 0 Å². The number of hydrogen-bond acceptors (Lipinski definition) is 2. The normalized spacial score (nSPS) is 29.3. The number of amides is 3. The van der Waals surface area contributed by atoms with Crippen LogP contribution in [-0.4, -0.2) is 53.5 Å². The number of urea groups is 1. The summed E-state index contributed by atoms with van der Waals surface area (Å²) in [6, 6.07) is 10.6. The molecule has 0 aromatic heterocycles. The Morgan fingerprint density at radius 1 is 1.12 bits per heavy atom. The Morgan fingerprint density at radius 2 is 1.80 bits per heavy atom. The molecule has 0 radical (unpaired) electrons. The summed E-state index contributed by atoms with van der Waals surface area (Å²) in [5, 5.41) is 3.00. The Kier molecular flexibility index (Phi) is 4.40. The second-order valence-corrected chi connectivity index (χ2v) is 7.74. The van der Waals surface area contributed by atoms with Gasteiger partial charge in [-0.15, -0.1) is 0 Å². The third-order valence-corrected chi connectivity index (χ3v) is 6.33. The van der Waals surface area contributed by atoms with Gasteiger partial charge in [0, 0.05) is 19.6 Å². The summed E-state index contributed by atoms with van der Waals surface area (Å²) in [6.07, 6.45) is 6.27.